The summed E-state index contributed by atoms with van der Waals surface area (Å²) in [5.41, 5.74) is 5.12. The Hall–Kier alpha value is -2.44. The molecular formula is C32H38ClFN2O3. The molecule has 1 saturated heterocycles. The quantitative estimate of drug-likeness (QED) is 0.417. The van der Waals surface area contributed by atoms with Crippen LogP contribution in [-0.2, 0) is 4.79 Å². The number of nitrogens with zero attached hydrogens (tertiary/aromatic N) is 2. The highest BCUT2D eigenvalue weighted by Crippen LogP contribution is 2.43. The number of hydrogen-bond acceptors (Lipinski definition) is 5. The number of halogens is 2. The monoisotopic (exact) mass is 552 g/mol. The molecule has 3 fully saturated rings. The van der Waals surface area contributed by atoms with Crippen LogP contribution in [0.15, 0.2) is 52.1 Å². The average molecular weight is 553 g/mol. The summed E-state index contributed by atoms with van der Waals surface area (Å²) in [6, 6.07) is 4.28. The Morgan fingerprint density at radius 3 is 2.64 bits per heavy atom. The first kappa shape index (κ1) is 26.8. The fourth-order valence-electron chi connectivity index (χ4n) is 6.80. The number of hydrogen-bond donors (Lipinski definition) is 1. The predicted octanol–water partition coefficient (Wildman–Crippen LogP) is 6.89. The van der Waals surface area contributed by atoms with Gasteiger partial charge in [-0.25, -0.2) is 4.39 Å². The maximum Gasteiger partial charge on any atom is 0.176 e. The molecule has 5 aliphatic rings. The fraction of sp³-hybridized carbons (Fsp3) is 0.562. The molecule has 0 amide bonds. The van der Waals surface area contributed by atoms with E-state index in [9.17, 15) is 14.3 Å². The number of carbonyl (C=O) groups excluding carboxylic acids is 1. The molecule has 0 bridgehead atoms. The molecule has 1 aromatic rings. The van der Waals surface area contributed by atoms with Gasteiger partial charge in [-0.05, 0) is 93.1 Å². The molecule has 6 rings (SSSR count). The van der Waals surface area contributed by atoms with Crippen LogP contribution >= 0.6 is 11.6 Å². The van der Waals surface area contributed by atoms with Crippen molar-refractivity contribution < 1.29 is 19.0 Å². The molecule has 1 aromatic carbocycles. The van der Waals surface area contributed by atoms with Gasteiger partial charge < -0.3 is 9.84 Å². The normalized spacial score (nSPS) is 30.7. The van der Waals surface area contributed by atoms with E-state index in [4.69, 9.17) is 21.3 Å². The zero-order chi connectivity index (χ0) is 27.1. The van der Waals surface area contributed by atoms with Gasteiger partial charge in [0.05, 0.1) is 23.9 Å². The van der Waals surface area contributed by atoms with E-state index in [1.807, 2.05) is 6.07 Å². The van der Waals surface area contributed by atoms with Crippen molar-refractivity contribution in [1.82, 2.24) is 4.90 Å². The maximum atomic E-state index is 13.8. The number of aromatic hydroxyl groups is 1. The van der Waals surface area contributed by atoms with Crippen LogP contribution in [0, 0.1) is 5.92 Å². The third-order valence-electron chi connectivity index (χ3n) is 9.21. The molecule has 1 aliphatic heterocycles. The van der Waals surface area contributed by atoms with E-state index in [2.05, 4.69) is 23.1 Å². The SMILES string of the molecule is COc1cc(C2C=CC3=C(C2)C(=NC2CCC(N4CCC(F)C4)CC2)C(C(=O)C2CC2)=CCC3)cc(Cl)c1O. The lowest BCUT2D eigenvalue weighted by molar-refractivity contribution is -0.116. The van der Waals surface area contributed by atoms with E-state index >= 15 is 0 Å². The number of methoxy groups -OCH3 is 1. The van der Waals surface area contributed by atoms with Crippen molar-refractivity contribution in [3.63, 3.8) is 0 Å². The number of Topliss-reactive ketones (excluding diaryl/α,β-unsaturated/α-hetero) is 1. The van der Waals surface area contributed by atoms with E-state index < -0.39 is 6.17 Å². The zero-order valence-electron chi connectivity index (χ0n) is 22.7. The summed E-state index contributed by atoms with van der Waals surface area (Å²) in [5, 5.41) is 10.5. The van der Waals surface area contributed by atoms with Gasteiger partial charge in [0.25, 0.3) is 0 Å². The number of allylic oxidation sites excluding steroid dienone is 6. The fourth-order valence-corrected chi connectivity index (χ4v) is 7.02. The molecule has 4 aliphatic carbocycles. The van der Waals surface area contributed by atoms with Gasteiger partial charge in [-0.1, -0.05) is 29.8 Å². The molecule has 2 saturated carbocycles. The number of phenolic OH excluding ortho intramolecular Hbond substituents is 1. The van der Waals surface area contributed by atoms with Crippen LogP contribution in [-0.4, -0.2) is 60.0 Å². The summed E-state index contributed by atoms with van der Waals surface area (Å²) in [6.07, 6.45) is 14.9. The van der Waals surface area contributed by atoms with Crippen molar-refractivity contribution in [1.29, 1.82) is 0 Å². The molecule has 2 unspecified atom stereocenters. The number of phenols is 1. The number of aliphatic imine (C=N–C) groups is 1. The first-order valence-electron chi connectivity index (χ1n) is 14.6. The van der Waals surface area contributed by atoms with Crippen LogP contribution in [0.1, 0.15) is 75.7 Å². The molecule has 0 aromatic heterocycles. The number of ketones is 1. The van der Waals surface area contributed by atoms with Crippen molar-refractivity contribution in [2.24, 2.45) is 10.9 Å². The predicted molar refractivity (Wildman–Crippen MR) is 153 cm³/mol. The molecule has 0 spiro atoms. The average Bonchev–Trinajstić information content (AvgIpc) is 3.74. The number of carbonyl (C=O) groups is 1. The zero-order valence-corrected chi connectivity index (χ0v) is 23.4. The first-order valence-corrected chi connectivity index (χ1v) is 15.0. The molecule has 0 radical (unpaired) electrons. The summed E-state index contributed by atoms with van der Waals surface area (Å²) in [5.74, 6) is 0.738. The standard InChI is InChI=1S/C32H38ClFN2O3/c1-39-29-17-22(16-28(33)32(29)38)21-8-5-19-3-2-4-26(31(37)20-6-7-20)30(27(19)15-21)35-24-9-11-25(12-10-24)36-14-13-23(34)18-36/h4-5,8,16-17,20-21,23-25,38H,2-3,6-7,9-15,18H2,1H3. The number of likely N-dealkylation sites (tertiary alicyclic amines) is 1. The third kappa shape index (κ3) is 5.60. The topological polar surface area (TPSA) is 62.1 Å². The number of ether oxygens (including phenoxy) is 1. The van der Waals surface area contributed by atoms with Crippen molar-refractivity contribution in [2.45, 2.75) is 88.4 Å². The van der Waals surface area contributed by atoms with Crippen LogP contribution in [0.3, 0.4) is 0 Å². The van der Waals surface area contributed by atoms with E-state index in [-0.39, 0.29) is 34.4 Å². The summed E-state index contributed by atoms with van der Waals surface area (Å²) >= 11 is 6.34. The van der Waals surface area contributed by atoms with Gasteiger partial charge in [-0.2, -0.15) is 0 Å². The summed E-state index contributed by atoms with van der Waals surface area (Å²) in [6.45, 7) is 1.44. The largest absolute Gasteiger partial charge is 0.503 e. The Morgan fingerprint density at radius 1 is 1.15 bits per heavy atom. The second-order valence-corrected chi connectivity index (χ2v) is 12.3. The van der Waals surface area contributed by atoms with Crippen LogP contribution < -0.4 is 4.74 Å². The summed E-state index contributed by atoms with van der Waals surface area (Å²) in [7, 11) is 1.53. The molecule has 2 atom stereocenters. The van der Waals surface area contributed by atoms with Gasteiger partial charge in [-0.3, -0.25) is 14.7 Å². The lowest BCUT2D eigenvalue weighted by Crippen LogP contribution is -2.37. The number of alkyl halides is 1. The van der Waals surface area contributed by atoms with Gasteiger partial charge in [0.2, 0.25) is 0 Å². The number of benzene rings is 1. The molecule has 208 valence electrons. The van der Waals surface area contributed by atoms with Gasteiger partial charge in [0, 0.05) is 36.5 Å². The highest BCUT2D eigenvalue weighted by molar-refractivity contribution is 6.32. The minimum absolute atomic E-state index is 0.0378. The van der Waals surface area contributed by atoms with Crippen molar-refractivity contribution in [2.75, 3.05) is 20.2 Å². The van der Waals surface area contributed by atoms with E-state index in [0.29, 0.717) is 24.8 Å². The lowest BCUT2D eigenvalue weighted by atomic mass is 9.80. The molecule has 39 heavy (non-hydrogen) atoms. The maximum absolute atomic E-state index is 13.8. The Balaban J connectivity index is 1.29. The van der Waals surface area contributed by atoms with E-state index in [0.717, 1.165) is 81.2 Å². The van der Waals surface area contributed by atoms with Crippen LogP contribution in [0.5, 0.6) is 11.5 Å². The lowest BCUT2D eigenvalue weighted by Gasteiger charge is -2.34. The van der Waals surface area contributed by atoms with E-state index in [1.54, 1.807) is 6.07 Å². The second-order valence-electron chi connectivity index (χ2n) is 11.8. The number of rotatable bonds is 6. The Bertz CT molecular complexity index is 1260. The van der Waals surface area contributed by atoms with E-state index in [1.165, 1.54) is 18.3 Å². The van der Waals surface area contributed by atoms with Crippen LogP contribution in [0.4, 0.5) is 4.39 Å². The highest BCUT2D eigenvalue weighted by atomic mass is 35.5. The minimum atomic E-state index is -0.684. The van der Waals surface area contributed by atoms with Crippen molar-refractivity contribution in [3.8, 4) is 11.5 Å². The highest BCUT2D eigenvalue weighted by Gasteiger charge is 2.37. The van der Waals surface area contributed by atoms with Gasteiger partial charge in [-0.15, -0.1) is 0 Å². The van der Waals surface area contributed by atoms with Crippen LogP contribution in [0.2, 0.25) is 5.02 Å². The van der Waals surface area contributed by atoms with Gasteiger partial charge in [0.15, 0.2) is 17.3 Å². The Kier molecular flexibility index (Phi) is 7.69. The Morgan fingerprint density at radius 2 is 1.95 bits per heavy atom. The van der Waals surface area contributed by atoms with Crippen molar-refractivity contribution in [3.05, 3.63) is 57.7 Å². The molecule has 7 heteroatoms. The molecule has 5 nitrogen and oxygen atoms in total. The summed E-state index contributed by atoms with van der Waals surface area (Å²) < 4.78 is 19.2. The van der Waals surface area contributed by atoms with Gasteiger partial charge >= 0.3 is 0 Å². The second kappa shape index (κ2) is 11.2. The molecule has 1 heterocycles. The minimum Gasteiger partial charge on any atom is -0.503 e. The van der Waals surface area contributed by atoms with Crippen LogP contribution in [0.25, 0.3) is 0 Å². The summed E-state index contributed by atoms with van der Waals surface area (Å²) in [4.78, 5) is 21.2. The van der Waals surface area contributed by atoms with Crippen molar-refractivity contribution >= 4 is 23.1 Å². The first-order chi connectivity index (χ1) is 18.9. The molecule has 1 N–H and O–H groups in total. The molecular weight excluding hydrogens is 515 g/mol. The van der Waals surface area contributed by atoms with Gasteiger partial charge in [0.1, 0.15) is 6.17 Å². The smallest absolute Gasteiger partial charge is 0.176 e. The Labute approximate surface area is 235 Å². The third-order valence-corrected chi connectivity index (χ3v) is 9.50.